The second-order valence-corrected chi connectivity index (χ2v) is 5.20. The van der Waals surface area contributed by atoms with E-state index >= 15 is 0 Å². The van der Waals surface area contributed by atoms with Crippen LogP contribution in [0.4, 0.5) is 0 Å². The van der Waals surface area contributed by atoms with Crippen LogP contribution in [0.5, 0.6) is 0 Å². The van der Waals surface area contributed by atoms with E-state index < -0.39 is 0 Å². The Kier molecular flexibility index (Phi) is 5.83. The van der Waals surface area contributed by atoms with Gasteiger partial charge in [-0.3, -0.25) is 4.90 Å². The van der Waals surface area contributed by atoms with E-state index in [2.05, 4.69) is 57.7 Å². The molecule has 2 nitrogen and oxygen atoms in total. The van der Waals surface area contributed by atoms with Crippen molar-refractivity contribution in [2.24, 2.45) is 5.73 Å². The van der Waals surface area contributed by atoms with Crippen molar-refractivity contribution in [3.63, 3.8) is 0 Å². The minimum absolute atomic E-state index is 0.338. The minimum atomic E-state index is 0.338. The summed E-state index contributed by atoms with van der Waals surface area (Å²) < 4.78 is 0. The molecule has 0 heterocycles. The van der Waals surface area contributed by atoms with Crippen molar-refractivity contribution in [3.8, 4) is 0 Å². The Hall–Kier alpha value is -0.860. The Labute approximate surface area is 112 Å². The second kappa shape index (κ2) is 6.91. The van der Waals surface area contributed by atoms with Gasteiger partial charge in [0.25, 0.3) is 0 Å². The van der Waals surface area contributed by atoms with Crippen LogP contribution in [0.25, 0.3) is 0 Å². The number of aryl methyl sites for hydroxylation is 2. The van der Waals surface area contributed by atoms with E-state index in [9.17, 15) is 0 Å². The quantitative estimate of drug-likeness (QED) is 0.836. The third-order valence-corrected chi connectivity index (χ3v) is 3.94. The molecule has 102 valence electrons. The van der Waals surface area contributed by atoms with Crippen LogP contribution in [0.15, 0.2) is 18.2 Å². The third-order valence-electron chi connectivity index (χ3n) is 3.94. The molecule has 2 N–H and O–H groups in total. The molecule has 0 saturated heterocycles. The van der Waals surface area contributed by atoms with E-state index in [-0.39, 0.29) is 0 Å². The lowest BCUT2D eigenvalue weighted by atomic mass is 9.96. The van der Waals surface area contributed by atoms with Crippen LogP contribution in [0.2, 0.25) is 0 Å². The van der Waals surface area contributed by atoms with Crippen molar-refractivity contribution in [3.05, 3.63) is 34.9 Å². The van der Waals surface area contributed by atoms with Crippen molar-refractivity contribution in [2.75, 3.05) is 13.1 Å². The number of rotatable bonds is 6. The van der Waals surface area contributed by atoms with Gasteiger partial charge in [0.1, 0.15) is 0 Å². The van der Waals surface area contributed by atoms with Crippen molar-refractivity contribution >= 4 is 0 Å². The minimum Gasteiger partial charge on any atom is -0.329 e. The smallest absolute Gasteiger partial charge is 0.0475 e. The fourth-order valence-electron chi connectivity index (χ4n) is 2.63. The normalized spacial score (nSPS) is 14.8. The van der Waals surface area contributed by atoms with Crippen molar-refractivity contribution in [1.82, 2.24) is 4.90 Å². The average Bonchev–Trinajstić information content (AvgIpc) is 2.38. The molecule has 2 atom stereocenters. The van der Waals surface area contributed by atoms with Crippen molar-refractivity contribution < 1.29 is 0 Å². The van der Waals surface area contributed by atoms with Crippen LogP contribution < -0.4 is 5.73 Å². The Morgan fingerprint density at radius 2 is 1.89 bits per heavy atom. The average molecular weight is 248 g/mol. The first kappa shape index (κ1) is 15.2. The van der Waals surface area contributed by atoms with Gasteiger partial charge in [-0.1, -0.05) is 37.6 Å². The van der Waals surface area contributed by atoms with Gasteiger partial charge in [-0.25, -0.2) is 0 Å². The zero-order chi connectivity index (χ0) is 13.7. The maximum absolute atomic E-state index is 6.05. The predicted octanol–water partition coefficient (Wildman–Crippen LogP) is 3.42. The van der Waals surface area contributed by atoms with Gasteiger partial charge < -0.3 is 5.73 Å². The summed E-state index contributed by atoms with van der Waals surface area (Å²) in [6.45, 7) is 12.8. The standard InChI is InChI=1S/C16H28N2/c1-6-14(5)18(7-2)16(11-17)15-10-12(3)8-9-13(15)4/h8-10,14,16H,6-7,11,17H2,1-5H3. The van der Waals surface area contributed by atoms with Gasteiger partial charge in [0, 0.05) is 18.6 Å². The highest BCUT2D eigenvalue weighted by Crippen LogP contribution is 2.26. The number of likely N-dealkylation sites (N-methyl/N-ethyl adjacent to an activating group) is 1. The molecule has 0 aliphatic carbocycles. The molecule has 1 rings (SSSR count). The first-order valence-corrected chi connectivity index (χ1v) is 7.08. The van der Waals surface area contributed by atoms with Crippen LogP contribution in [0.3, 0.4) is 0 Å². The number of nitrogens with zero attached hydrogens (tertiary/aromatic N) is 1. The van der Waals surface area contributed by atoms with Crippen LogP contribution in [0, 0.1) is 13.8 Å². The summed E-state index contributed by atoms with van der Waals surface area (Å²) >= 11 is 0. The van der Waals surface area contributed by atoms with E-state index in [1.54, 1.807) is 0 Å². The van der Waals surface area contributed by atoms with E-state index in [4.69, 9.17) is 5.73 Å². The summed E-state index contributed by atoms with van der Waals surface area (Å²) in [6.07, 6.45) is 1.16. The topological polar surface area (TPSA) is 29.3 Å². The summed E-state index contributed by atoms with van der Waals surface area (Å²) in [5.41, 5.74) is 10.1. The molecule has 0 amide bonds. The summed E-state index contributed by atoms with van der Waals surface area (Å²) in [5, 5.41) is 0. The third kappa shape index (κ3) is 3.33. The summed E-state index contributed by atoms with van der Waals surface area (Å²) in [6, 6.07) is 7.58. The van der Waals surface area contributed by atoms with Gasteiger partial charge in [0.15, 0.2) is 0 Å². The van der Waals surface area contributed by atoms with Crippen LogP contribution in [-0.4, -0.2) is 24.0 Å². The molecule has 0 aliphatic rings. The molecule has 0 radical (unpaired) electrons. The molecule has 0 bridgehead atoms. The first-order chi connectivity index (χ1) is 8.54. The van der Waals surface area contributed by atoms with Crippen molar-refractivity contribution in [2.45, 2.75) is 53.1 Å². The molecule has 0 aliphatic heterocycles. The fraction of sp³-hybridized carbons (Fsp3) is 0.625. The molecule has 0 fully saturated rings. The molecule has 2 heteroatoms. The Morgan fingerprint density at radius 1 is 1.22 bits per heavy atom. The van der Waals surface area contributed by atoms with Gasteiger partial charge >= 0.3 is 0 Å². The number of benzene rings is 1. The van der Waals surface area contributed by atoms with Crippen molar-refractivity contribution in [1.29, 1.82) is 0 Å². The molecule has 2 unspecified atom stereocenters. The Morgan fingerprint density at radius 3 is 2.39 bits per heavy atom. The van der Waals surface area contributed by atoms with Crippen LogP contribution in [0.1, 0.15) is 49.9 Å². The maximum atomic E-state index is 6.05. The summed E-state index contributed by atoms with van der Waals surface area (Å²) in [5.74, 6) is 0. The Bertz CT molecular complexity index is 373. The molecular formula is C16H28N2. The monoisotopic (exact) mass is 248 g/mol. The zero-order valence-corrected chi connectivity index (χ0v) is 12.5. The lowest BCUT2D eigenvalue weighted by Crippen LogP contribution is -2.40. The highest BCUT2D eigenvalue weighted by atomic mass is 15.2. The molecule has 1 aromatic rings. The molecule has 0 saturated carbocycles. The predicted molar refractivity (Wildman–Crippen MR) is 79.8 cm³/mol. The molecule has 0 aromatic heterocycles. The number of hydrogen-bond acceptors (Lipinski definition) is 2. The fourth-order valence-corrected chi connectivity index (χ4v) is 2.63. The largest absolute Gasteiger partial charge is 0.329 e. The summed E-state index contributed by atoms with van der Waals surface area (Å²) in [4.78, 5) is 2.52. The van der Waals surface area contributed by atoms with E-state index in [0.717, 1.165) is 13.0 Å². The molecule has 18 heavy (non-hydrogen) atoms. The van der Waals surface area contributed by atoms with Crippen LogP contribution >= 0.6 is 0 Å². The molecule has 1 aromatic carbocycles. The maximum Gasteiger partial charge on any atom is 0.0475 e. The van der Waals surface area contributed by atoms with Gasteiger partial charge in [0.05, 0.1) is 0 Å². The van der Waals surface area contributed by atoms with E-state index in [1.165, 1.54) is 16.7 Å². The highest BCUT2D eigenvalue weighted by molar-refractivity contribution is 5.33. The zero-order valence-electron chi connectivity index (χ0n) is 12.5. The van der Waals surface area contributed by atoms with Gasteiger partial charge in [-0.2, -0.15) is 0 Å². The lowest BCUT2D eigenvalue weighted by molar-refractivity contribution is 0.151. The van der Waals surface area contributed by atoms with Gasteiger partial charge in [-0.05, 0) is 44.9 Å². The molecule has 0 spiro atoms. The molecular weight excluding hydrogens is 220 g/mol. The van der Waals surface area contributed by atoms with E-state index in [1.807, 2.05) is 0 Å². The lowest BCUT2D eigenvalue weighted by Gasteiger charge is -2.36. The number of hydrogen-bond donors (Lipinski definition) is 1. The second-order valence-electron chi connectivity index (χ2n) is 5.20. The summed E-state index contributed by atoms with van der Waals surface area (Å²) in [7, 11) is 0. The van der Waals surface area contributed by atoms with Gasteiger partial charge in [0.2, 0.25) is 0 Å². The first-order valence-electron chi connectivity index (χ1n) is 7.08. The highest BCUT2D eigenvalue weighted by Gasteiger charge is 2.22. The van der Waals surface area contributed by atoms with E-state index in [0.29, 0.717) is 18.6 Å². The van der Waals surface area contributed by atoms with Gasteiger partial charge in [-0.15, -0.1) is 0 Å². The number of nitrogens with two attached hydrogens (primary N) is 1. The Balaban J connectivity index is 3.10. The van der Waals surface area contributed by atoms with Crippen LogP contribution in [-0.2, 0) is 0 Å². The SMILES string of the molecule is CCC(C)N(CC)C(CN)c1cc(C)ccc1C.